The summed E-state index contributed by atoms with van der Waals surface area (Å²) < 4.78 is 0. The van der Waals surface area contributed by atoms with Gasteiger partial charge in [0.2, 0.25) is 0 Å². The van der Waals surface area contributed by atoms with Gasteiger partial charge in [-0.05, 0) is 37.5 Å². The largest absolute Gasteiger partial charge is 0.0885 e. The van der Waals surface area contributed by atoms with Crippen LogP contribution in [0, 0.1) is 11.8 Å². The predicted octanol–water partition coefficient (Wildman–Crippen LogP) is 7.93. The lowest BCUT2D eigenvalue weighted by Gasteiger charge is -2.09. The van der Waals surface area contributed by atoms with Crippen molar-refractivity contribution in [1.29, 1.82) is 0 Å². The molecule has 0 fully saturated rings. The molecule has 0 N–H and O–H groups in total. The third-order valence-corrected chi connectivity index (χ3v) is 4.65. The molecule has 21 heavy (non-hydrogen) atoms. The third kappa shape index (κ3) is 15.9. The normalized spacial score (nSPS) is 14.7. The minimum Gasteiger partial charge on any atom is -0.0885 e. The van der Waals surface area contributed by atoms with E-state index in [4.69, 9.17) is 0 Å². The topological polar surface area (TPSA) is 0 Å². The van der Waals surface area contributed by atoms with E-state index in [2.05, 4.69) is 39.8 Å². The Kier molecular flexibility index (Phi) is 15.9. The van der Waals surface area contributed by atoms with Crippen molar-refractivity contribution in [2.24, 2.45) is 11.8 Å². The van der Waals surface area contributed by atoms with Crippen molar-refractivity contribution in [3.63, 3.8) is 0 Å². The van der Waals surface area contributed by atoms with Gasteiger partial charge in [-0.3, -0.25) is 0 Å². The Morgan fingerprint density at radius 2 is 1.00 bits per heavy atom. The zero-order chi connectivity index (χ0) is 15.8. The average Bonchev–Trinajstić information content (AvgIpc) is 2.49. The molecule has 0 aromatic carbocycles. The van der Waals surface area contributed by atoms with E-state index in [1.54, 1.807) is 0 Å². The fourth-order valence-electron chi connectivity index (χ4n) is 2.97. The van der Waals surface area contributed by atoms with Crippen LogP contribution in [0.4, 0.5) is 0 Å². The highest BCUT2D eigenvalue weighted by atomic mass is 14.1. The zero-order valence-electron chi connectivity index (χ0n) is 15.5. The molecule has 0 aromatic rings. The molecule has 0 aliphatic carbocycles. The molecule has 2 atom stereocenters. The number of hydrogen-bond donors (Lipinski definition) is 0. The summed E-state index contributed by atoms with van der Waals surface area (Å²) in [5.74, 6) is 1.88. The van der Waals surface area contributed by atoms with E-state index in [1.807, 2.05) is 0 Å². The van der Waals surface area contributed by atoms with Crippen molar-refractivity contribution in [1.82, 2.24) is 0 Å². The summed E-state index contributed by atoms with van der Waals surface area (Å²) in [5.41, 5.74) is 0. The van der Waals surface area contributed by atoms with Gasteiger partial charge in [-0.2, -0.15) is 0 Å². The number of hydrogen-bond acceptors (Lipinski definition) is 0. The van der Waals surface area contributed by atoms with E-state index in [9.17, 15) is 0 Å². The lowest BCUT2D eigenvalue weighted by atomic mass is 9.97. The minimum atomic E-state index is 0.933. The van der Waals surface area contributed by atoms with Gasteiger partial charge in [-0.15, -0.1) is 0 Å². The van der Waals surface area contributed by atoms with E-state index in [0.29, 0.717) is 0 Å². The van der Waals surface area contributed by atoms with Crippen LogP contribution in [0.3, 0.4) is 0 Å². The maximum atomic E-state index is 2.42. The first-order valence-electron chi connectivity index (χ1n) is 9.85. The van der Waals surface area contributed by atoms with Crippen molar-refractivity contribution in [3.05, 3.63) is 12.2 Å². The van der Waals surface area contributed by atoms with Gasteiger partial charge in [-0.1, -0.05) is 97.6 Å². The van der Waals surface area contributed by atoms with Crippen molar-refractivity contribution in [2.45, 2.75) is 111 Å². The third-order valence-electron chi connectivity index (χ3n) is 4.65. The van der Waals surface area contributed by atoms with E-state index in [-0.39, 0.29) is 0 Å². The Morgan fingerprint density at radius 3 is 1.52 bits per heavy atom. The van der Waals surface area contributed by atoms with Gasteiger partial charge in [-0.25, -0.2) is 0 Å². The van der Waals surface area contributed by atoms with Gasteiger partial charge in [0.15, 0.2) is 0 Å². The number of rotatable bonds is 15. The second-order valence-electron chi connectivity index (χ2n) is 7.18. The smallest absolute Gasteiger partial charge is 0.0351 e. The molecule has 2 unspecified atom stereocenters. The molecule has 0 heteroatoms. The van der Waals surface area contributed by atoms with Gasteiger partial charge < -0.3 is 0 Å². The van der Waals surface area contributed by atoms with Crippen molar-refractivity contribution in [3.8, 4) is 0 Å². The molecule has 0 aliphatic heterocycles. The number of allylic oxidation sites excluding steroid dienone is 2. The highest BCUT2D eigenvalue weighted by Crippen LogP contribution is 2.17. The monoisotopic (exact) mass is 294 g/mol. The molecule has 0 spiro atoms. The second kappa shape index (κ2) is 16.1. The Bertz CT molecular complexity index is 216. The number of unbranched alkanes of at least 4 members (excludes halogenated alkanes) is 5. The molecule has 0 saturated carbocycles. The molecule has 0 nitrogen and oxygen atoms in total. The second-order valence-corrected chi connectivity index (χ2v) is 7.18. The molecular weight excluding hydrogens is 252 g/mol. The summed E-state index contributed by atoms with van der Waals surface area (Å²) >= 11 is 0. The van der Waals surface area contributed by atoms with E-state index < -0.39 is 0 Å². The van der Waals surface area contributed by atoms with Gasteiger partial charge in [0, 0.05) is 0 Å². The standard InChI is InChI=1S/C21H42/c1-5-7-16-20(3)18-14-12-10-9-11-13-15-19-21(4)17-8-6-2/h9-10,20-21H,5-8,11-19H2,1-4H3/b10-9+. The van der Waals surface area contributed by atoms with E-state index >= 15 is 0 Å². The average molecular weight is 295 g/mol. The Balaban J connectivity index is 3.29. The highest BCUT2D eigenvalue weighted by Gasteiger charge is 2.01. The molecule has 0 rings (SSSR count). The van der Waals surface area contributed by atoms with Crippen LogP contribution in [0.25, 0.3) is 0 Å². The maximum Gasteiger partial charge on any atom is -0.0351 e. The molecule has 0 saturated heterocycles. The van der Waals surface area contributed by atoms with Crippen LogP contribution in [0.2, 0.25) is 0 Å². The molecule has 0 aliphatic rings. The van der Waals surface area contributed by atoms with Crippen LogP contribution in [0.15, 0.2) is 12.2 Å². The lowest BCUT2D eigenvalue weighted by molar-refractivity contribution is 0.450. The first-order valence-corrected chi connectivity index (χ1v) is 9.85. The van der Waals surface area contributed by atoms with E-state index in [0.717, 1.165) is 11.8 Å². The van der Waals surface area contributed by atoms with Gasteiger partial charge in [0.05, 0.1) is 0 Å². The summed E-state index contributed by atoms with van der Waals surface area (Å²) in [4.78, 5) is 0. The predicted molar refractivity (Wildman–Crippen MR) is 98.8 cm³/mol. The van der Waals surface area contributed by atoms with Crippen LogP contribution in [-0.2, 0) is 0 Å². The minimum absolute atomic E-state index is 0.933. The van der Waals surface area contributed by atoms with Crippen LogP contribution in [0.1, 0.15) is 111 Å². The highest BCUT2D eigenvalue weighted by molar-refractivity contribution is 4.81. The van der Waals surface area contributed by atoms with Gasteiger partial charge >= 0.3 is 0 Å². The van der Waals surface area contributed by atoms with Crippen molar-refractivity contribution < 1.29 is 0 Å². The van der Waals surface area contributed by atoms with Crippen LogP contribution in [0.5, 0.6) is 0 Å². The van der Waals surface area contributed by atoms with Crippen molar-refractivity contribution in [2.75, 3.05) is 0 Å². The first kappa shape index (κ1) is 20.7. The molecule has 0 amide bonds. The van der Waals surface area contributed by atoms with Crippen molar-refractivity contribution >= 4 is 0 Å². The SMILES string of the molecule is CCCCC(C)CCC/C=C/CCCCC(C)CCCC. The summed E-state index contributed by atoms with van der Waals surface area (Å²) in [5, 5.41) is 0. The van der Waals surface area contributed by atoms with Gasteiger partial charge in [0.1, 0.15) is 0 Å². The quantitative estimate of drug-likeness (QED) is 0.212. The summed E-state index contributed by atoms with van der Waals surface area (Å²) in [6.07, 6.45) is 22.9. The fraction of sp³-hybridized carbons (Fsp3) is 0.905. The molecule has 126 valence electrons. The lowest BCUT2D eigenvalue weighted by Crippen LogP contribution is -1.94. The molecule has 0 radical (unpaired) electrons. The Morgan fingerprint density at radius 1 is 0.571 bits per heavy atom. The fourth-order valence-corrected chi connectivity index (χ4v) is 2.97. The van der Waals surface area contributed by atoms with E-state index in [1.165, 1.54) is 83.5 Å². The Hall–Kier alpha value is -0.260. The molecule has 0 heterocycles. The van der Waals surface area contributed by atoms with Gasteiger partial charge in [0.25, 0.3) is 0 Å². The summed E-state index contributed by atoms with van der Waals surface area (Å²) in [6.45, 7) is 9.42. The summed E-state index contributed by atoms with van der Waals surface area (Å²) in [7, 11) is 0. The molecule has 0 bridgehead atoms. The Labute approximate surface area is 135 Å². The summed E-state index contributed by atoms with van der Waals surface area (Å²) in [6, 6.07) is 0. The van der Waals surface area contributed by atoms with Crippen LogP contribution >= 0.6 is 0 Å². The molecular formula is C21H42. The molecule has 0 aromatic heterocycles. The maximum absolute atomic E-state index is 2.42. The van der Waals surface area contributed by atoms with Crippen LogP contribution in [-0.4, -0.2) is 0 Å². The van der Waals surface area contributed by atoms with Crippen LogP contribution < -0.4 is 0 Å². The zero-order valence-corrected chi connectivity index (χ0v) is 15.5. The first-order chi connectivity index (χ1) is 10.2.